The monoisotopic (exact) mass is 275 g/mol. The smallest absolute Gasteiger partial charge is 0.309 e. The van der Waals surface area contributed by atoms with Gasteiger partial charge >= 0.3 is 5.97 Å². The van der Waals surface area contributed by atoms with E-state index in [2.05, 4.69) is 0 Å². The van der Waals surface area contributed by atoms with Gasteiger partial charge in [-0.15, -0.1) is 0 Å². The Morgan fingerprint density at radius 1 is 1.30 bits per heavy atom. The lowest BCUT2D eigenvalue weighted by Gasteiger charge is -2.33. The SMILES string of the molecule is CN1C(=O)c2ccccc2[C@@]1(C)CC(=O)OC(C)(C)C. The maximum absolute atomic E-state index is 12.3. The van der Waals surface area contributed by atoms with Gasteiger partial charge in [-0.05, 0) is 39.3 Å². The molecule has 0 fully saturated rings. The number of fused-ring (bicyclic) bond motifs is 1. The Labute approximate surface area is 119 Å². The lowest BCUT2D eigenvalue weighted by Crippen LogP contribution is -2.41. The zero-order chi connectivity index (χ0) is 15.1. The molecule has 2 rings (SSSR count). The minimum atomic E-state index is -0.643. The van der Waals surface area contributed by atoms with E-state index in [1.807, 2.05) is 45.9 Å². The van der Waals surface area contributed by atoms with Crippen LogP contribution >= 0.6 is 0 Å². The summed E-state index contributed by atoms with van der Waals surface area (Å²) in [4.78, 5) is 26.0. The Morgan fingerprint density at radius 2 is 1.90 bits per heavy atom. The quantitative estimate of drug-likeness (QED) is 0.780. The molecule has 1 aromatic carbocycles. The first-order chi connectivity index (χ1) is 9.15. The number of hydrogen-bond acceptors (Lipinski definition) is 3. The van der Waals surface area contributed by atoms with Crippen LogP contribution in [-0.2, 0) is 15.1 Å². The first-order valence-corrected chi connectivity index (χ1v) is 6.75. The topological polar surface area (TPSA) is 46.6 Å². The number of nitrogens with zero attached hydrogens (tertiary/aromatic N) is 1. The second kappa shape index (κ2) is 4.62. The summed E-state index contributed by atoms with van der Waals surface area (Å²) < 4.78 is 5.39. The van der Waals surface area contributed by atoms with Crippen LogP contribution in [0.3, 0.4) is 0 Å². The Kier molecular flexibility index (Phi) is 3.36. The van der Waals surface area contributed by atoms with E-state index in [9.17, 15) is 9.59 Å². The van der Waals surface area contributed by atoms with Crippen LogP contribution in [-0.4, -0.2) is 29.4 Å². The number of esters is 1. The van der Waals surface area contributed by atoms with Gasteiger partial charge in [0.2, 0.25) is 0 Å². The van der Waals surface area contributed by atoms with Crippen LogP contribution in [0.1, 0.15) is 50.0 Å². The van der Waals surface area contributed by atoms with Gasteiger partial charge in [0, 0.05) is 12.6 Å². The lowest BCUT2D eigenvalue weighted by atomic mass is 9.88. The molecule has 0 aliphatic carbocycles. The number of carbonyl (C=O) groups excluding carboxylic acids is 2. The average Bonchev–Trinajstić information content (AvgIpc) is 2.50. The summed E-state index contributed by atoms with van der Waals surface area (Å²) in [5.74, 6) is -0.344. The van der Waals surface area contributed by atoms with Gasteiger partial charge in [0.05, 0.1) is 12.0 Å². The van der Waals surface area contributed by atoms with Crippen molar-refractivity contribution in [2.24, 2.45) is 0 Å². The number of benzene rings is 1. The minimum absolute atomic E-state index is 0.0494. The van der Waals surface area contributed by atoms with E-state index < -0.39 is 11.1 Å². The molecule has 1 atom stereocenters. The molecule has 0 saturated carbocycles. The molecule has 0 saturated heterocycles. The zero-order valence-electron chi connectivity index (χ0n) is 12.7. The zero-order valence-corrected chi connectivity index (χ0v) is 12.7. The molecule has 4 nitrogen and oxygen atoms in total. The highest BCUT2D eigenvalue weighted by Crippen LogP contribution is 2.40. The van der Waals surface area contributed by atoms with Crippen LogP contribution in [0.2, 0.25) is 0 Å². The fraction of sp³-hybridized carbons (Fsp3) is 0.500. The first kappa shape index (κ1) is 14.6. The van der Waals surface area contributed by atoms with E-state index in [4.69, 9.17) is 4.74 Å². The molecular formula is C16H21NO3. The van der Waals surface area contributed by atoms with Crippen LogP contribution in [0, 0.1) is 0 Å². The third kappa shape index (κ3) is 2.42. The third-order valence-electron chi connectivity index (χ3n) is 3.69. The van der Waals surface area contributed by atoms with Gasteiger partial charge in [0.1, 0.15) is 5.60 Å². The Balaban J connectivity index is 2.31. The van der Waals surface area contributed by atoms with Crippen LogP contribution in [0.25, 0.3) is 0 Å². The fourth-order valence-electron chi connectivity index (χ4n) is 2.60. The molecule has 0 spiro atoms. The normalized spacial score (nSPS) is 21.9. The van der Waals surface area contributed by atoms with E-state index >= 15 is 0 Å². The second-order valence-corrected chi connectivity index (χ2v) is 6.45. The number of hydrogen-bond donors (Lipinski definition) is 0. The van der Waals surface area contributed by atoms with Crippen molar-refractivity contribution in [1.29, 1.82) is 0 Å². The largest absolute Gasteiger partial charge is 0.460 e. The van der Waals surface area contributed by atoms with Gasteiger partial charge in [-0.2, -0.15) is 0 Å². The van der Waals surface area contributed by atoms with Crippen molar-refractivity contribution < 1.29 is 14.3 Å². The highest BCUT2D eigenvalue weighted by atomic mass is 16.6. The van der Waals surface area contributed by atoms with Gasteiger partial charge < -0.3 is 9.64 Å². The van der Waals surface area contributed by atoms with Gasteiger partial charge in [0.25, 0.3) is 5.91 Å². The van der Waals surface area contributed by atoms with Crippen LogP contribution in [0.5, 0.6) is 0 Å². The molecule has 1 amide bonds. The fourth-order valence-corrected chi connectivity index (χ4v) is 2.60. The van der Waals surface area contributed by atoms with Gasteiger partial charge in [0.15, 0.2) is 0 Å². The van der Waals surface area contributed by atoms with Crippen molar-refractivity contribution in [3.63, 3.8) is 0 Å². The molecule has 1 aliphatic heterocycles. The van der Waals surface area contributed by atoms with Gasteiger partial charge in [-0.3, -0.25) is 9.59 Å². The molecule has 20 heavy (non-hydrogen) atoms. The van der Waals surface area contributed by atoms with E-state index in [0.717, 1.165) is 5.56 Å². The maximum atomic E-state index is 12.3. The summed E-state index contributed by atoms with van der Waals surface area (Å²) >= 11 is 0. The minimum Gasteiger partial charge on any atom is -0.460 e. The molecular weight excluding hydrogens is 254 g/mol. The Bertz CT molecular complexity index is 559. The van der Waals surface area contributed by atoms with Crippen molar-refractivity contribution in [3.05, 3.63) is 35.4 Å². The number of ether oxygens (including phenoxy) is 1. The Hall–Kier alpha value is -1.84. The first-order valence-electron chi connectivity index (χ1n) is 6.75. The van der Waals surface area contributed by atoms with Crippen molar-refractivity contribution in [2.75, 3.05) is 7.05 Å². The number of carbonyl (C=O) groups is 2. The molecule has 1 aromatic rings. The molecule has 1 aliphatic rings. The third-order valence-corrected chi connectivity index (χ3v) is 3.69. The van der Waals surface area contributed by atoms with Gasteiger partial charge in [-0.25, -0.2) is 0 Å². The lowest BCUT2D eigenvalue weighted by molar-refractivity contribution is -0.157. The highest BCUT2D eigenvalue weighted by Gasteiger charge is 2.45. The summed E-state index contributed by atoms with van der Waals surface area (Å²) in [5, 5.41) is 0. The maximum Gasteiger partial charge on any atom is 0.309 e. The molecule has 4 heteroatoms. The second-order valence-electron chi connectivity index (χ2n) is 6.45. The number of amides is 1. The summed E-state index contributed by atoms with van der Waals surface area (Å²) in [6, 6.07) is 7.43. The predicted octanol–water partition coefficient (Wildman–Crippen LogP) is 2.72. The van der Waals surface area contributed by atoms with Crippen LogP contribution in [0.4, 0.5) is 0 Å². The standard InChI is InChI=1S/C16H21NO3/c1-15(2,3)20-13(18)10-16(4)12-9-7-6-8-11(12)14(19)17(16)5/h6-9H,10H2,1-5H3/t16-/m1/s1. The average molecular weight is 275 g/mol. The van der Waals surface area contributed by atoms with E-state index in [0.29, 0.717) is 5.56 Å². The molecule has 0 unspecified atom stereocenters. The summed E-state index contributed by atoms with van der Waals surface area (Å²) in [7, 11) is 1.73. The van der Waals surface area contributed by atoms with Crippen LogP contribution in [0.15, 0.2) is 24.3 Å². The van der Waals surface area contributed by atoms with Crippen molar-refractivity contribution >= 4 is 11.9 Å². The summed E-state index contributed by atoms with van der Waals surface area (Å²) in [5.41, 5.74) is 0.392. The summed E-state index contributed by atoms with van der Waals surface area (Å²) in [6.45, 7) is 7.42. The van der Waals surface area contributed by atoms with Crippen molar-refractivity contribution in [3.8, 4) is 0 Å². The molecule has 1 heterocycles. The van der Waals surface area contributed by atoms with Crippen LogP contribution < -0.4 is 0 Å². The van der Waals surface area contributed by atoms with Crippen molar-refractivity contribution in [1.82, 2.24) is 4.90 Å². The molecule has 108 valence electrons. The molecule has 0 bridgehead atoms. The van der Waals surface area contributed by atoms with Gasteiger partial charge in [-0.1, -0.05) is 18.2 Å². The van der Waals surface area contributed by atoms with E-state index in [1.165, 1.54) is 0 Å². The highest BCUT2D eigenvalue weighted by molar-refractivity contribution is 6.00. The molecule has 0 radical (unpaired) electrons. The molecule has 0 N–H and O–H groups in total. The van der Waals surface area contributed by atoms with E-state index in [-0.39, 0.29) is 18.3 Å². The Morgan fingerprint density at radius 3 is 2.50 bits per heavy atom. The summed E-state index contributed by atoms with van der Waals surface area (Å²) in [6.07, 6.45) is 0.156. The number of rotatable bonds is 2. The van der Waals surface area contributed by atoms with E-state index in [1.54, 1.807) is 18.0 Å². The molecule has 0 aromatic heterocycles. The predicted molar refractivity (Wildman–Crippen MR) is 76.3 cm³/mol. The van der Waals surface area contributed by atoms with Crippen molar-refractivity contribution in [2.45, 2.75) is 45.3 Å².